The van der Waals surface area contributed by atoms with E-state index in [9.17, 15) is 13.0 Å². The highest BCUT2D eigenvalue weighted by molar-refractivity contribution is 7.94. The van der Waals surface area contributed by atoms with Gasteiger partial charge in [0, 0.05) is 0 Å². The van der Waals surface area contributed by atoms with Crippen molar-refractivity contribution < 1.29 is 17.9 Å². The van der Waals surface area contributed by atoms with Gasteiger partial charge < -0.3 is 4.55 Å². The third-order valence-electron chi connectivity index (χ3n) is 1.94. The minimum Gasteiger partial charge on any atom is -0.611 e. The first kappa shape index (κ1) is 14.4. The molecule has 0 aliphatic heterocycles. The summed E-state index contributed by atoms with van der Waals surface area (Å²) < 4.78 is 35.4. The molecule has 0 aliphatic rings. The van der Waals surface area contributed by atoms with Gasteiger partial charge >= 0.3 is 0 Å². The highest BCUT2D eigenvalue weighted by atomic mass is 32.2. The number of hydrogen-bond acceptors (Lipinski definition) is 5. The van der Waals surface area contributed by atoms with Crippen LogP contribution in [0.5, 0.6) is 0 Å². The molecule has 0 spiro atoms. The number of nitrogens with one attached hydrogen (secondary N) is 1. The van der Waals surface area contributed by atoms with Gasteiger partial charge in [-0.25, -0.2) is 13.4 Å². The molecule has 1 unspecified atom stereocenters. The number of hydrogen-bond donors (Lipinski definition) is 2. The van der Waals surface area contributed by atoms with Gasteiger partial charge in [-0.2, -0.15) is 5.90 Å². The first-order valence-electron chi connectivity index (χ1n) is 4.77. The maximum atomic E-state index is 12.0. The fourth-order valence-corrected chi connectivity index (χ4v) is 3.57. The quantitative estimate of drug-likeness (QED) is 0.595. The summed E-state index contributed by atoms with van der Waals surface area (Å²) in [5, 5.41) is -0.190. The average molecular weight is 278 g/mol. The summed E-state index contributed by atoms with van der Waals surface area (Å²) in [5.74, 6) is 4.67. The fourth-order valence-electron chi connectivity index (χ4n) is 1.20. The van der Waals surface area contributed by atoms with E-state index in [1.54, 1.807) is 24.8 Å². The van der Waals surface area contributed by atoms with E-state index in [2.05, 4.69) is 10.8 Å². The van der Waals surface area contributed by atoms with E-state index in [0.717, 1.165) is 0 Å². The molecule has 3 N–H and O–H groups in total. The minimum atomic E-state index is -3.91. The summed E-state index contributed by atoms with van der Waals surface area (Å²) in [5.41, 5.74) is 0. The molecule has 1 atom stereocenters. The van der Waals surface area contributed by atoms with Crippen molar-refractivity contribution in [3.8, 4) is 0 Å². The Morgan fingerprint density at radius 1 is 1.41 bits per heavy atom. The van der Waals surface area contributed by atoms with Gasteiger partial charge in [-0.05, 0) is 37.2 Å². The molecule has 0 radical (unpaired) electrons. The summed E-state index contributed by atoms with van der Waals surface area (Å²) in [6.07, 6.45) is 0. The Morgan fingerprint density at radius 3 is 2.53 bits per heavy atom. The molecule has 0 amide bonds. The monoisotopic (exact) mass is 278 g/mol. The summed E-state index contributed by atoms with van der Waals surface area (Å²) >= 11 is -1.41. The molecule has 1 aromatic rings. The summed E-state index contributed by atoms with van der Waals surface area (Å²) in [6.45, 7) is 3.48. The van der Waals surface area contributed by atoms with Crippen LogP contribution in [0.25, 0.3) is 0 Å². The summed E-state index contributed by atoms with van der Waals surface area (Å²) in [4.78, 5) is 5.74. The lowest BCUT2D eigenvalue weighted by atomic mass is 10.4. The van der Waals surface area contributed by atoms with Crippen molar-refractivity contribution in [1.29, 1.82) is 0 Å². The summed E-state index contributed by atoms with van der Waals surface area (Å²) in [7, 11) is -3.91. The Kier molecular flexibility index (Phi) is 4.92. The van der Waals surface area contributed by atoms with Crippen LogP contribution >= 0.6 is 0 Å². The van der Waals surface area contributed by atoms with Crippen molar-refractivity contribution in [2.24, 2.45) is 5.90 Å². The first-order valence-corrected chi connectivity index (χ1v) is 7.47. The van der Waals surface area contributed by atoms with Crippen molar-refractivity contribution >= 4 is 21.2 Å². The number of rotatable bonds is 5. The van der Waals surface area contributed by atoms with E-state index >= 15 is 0 Å². The van der Waals surface area contributed by atoms with E-state index in [4.69, 9.17) is 0 Å². The van der Waals surface area contributed by atoms with Crippen LogP contribution in [0.15, 0.2) is 34.1 Å². The lowest BCUT2D eigenvalue weighted by Crippen LogP contribution is -2.29. The normalized spacial score (nSPS) is 13.9. The van der Waals surface area contributed by atoms with Gasteiger partial charge in [0.15, 0.2) is 4.90 Å². The van der Waals surface area contributed by atoms with Crippen LogP contribution in [-0.2, 0) is 26.1 Å². The Hall–Kier alpha value is -0.640. The Morgan fingerprint density at radius 2 is 2.00 bits per heavy atom. The molecule has 1 rings (SSSR count). The zero-order valence-corrected chi connectivity index (χ0v) is 11.0. The maximum Gasteiger partial charge on any atom is 0.269 e. The van der Waals surface area contributed by atoms with Crippen LogP contribution in [-0.4, -0.2) is 18.2 Å². The molecule has 0 saturated carbocycles. The molecule has 96 valence electrons. The topological polar surface area (TPSA) is 104 Å². The van der Waals surface area contributed by atoms with Crippen molar-refractivity contribution in [3.05, 3.63) is 24.3 Å². The maximum absolute atomic E-state index is 12.0. The van der Waals surface area contributed by atoms with Crippen LogP contribution in [0.4, 0.5) is 0 Å². The molecule has 0 bridgehead atoms. The molecule has 1 aromatic carbocycles. The van der Waals surface area contributed by atoms with Crippen LogP contribution in [0.1, 0.15) is 13.8 Å². The molecule has 0 aromatic heterocycles. The van der Waals surface area contributed by atoms with Crippen LogP contribution in [0.2, 0.25) is 0 Å². The highest BCUT2D eigenvalue weighted by Gasteiger charge is 2.27. The molecule has 0 heterocycles. The van der Waals surface area contributed by atoms with E-state index in [-0.39, 0.29) is 15.0 Å². The lowest BCUT2D eigenvalue weighted by Gasteiger charge is -2.16. The minimum absolute atomic E-state index is 0.0996. The van der Waals surface area contributed by atoms with E-state index in [1.807, 2.05) is 0 Å². The van der Waals surface area contributed by atoms with Crippen molar-refractivity contribution in [2.75, 3.05) is 0 Å². The predicted octanol–water partition coefficient (Wildman–Crippen LogP) is 0.286. The van der Waals surface area contributed by atoms with Gasteiger partial charge in [0.25, 0.3) is 10.0 Å². The van der Waals surface area contributed by atoms with Gasteiger partial charge in [0.2, 0.25) is 0 Å². The third kappa shape index (κ3) is 3.41. The third-order valence-corrected chi connectivity index (χ3v) is 4.97. The average Bonchev–Trinajstić information content (AvgIpc) is 2.28. The molecule has 0 aliphatic carbocycles. The Bertz CT molecular complexity index is 476. The van der Waals surface area contributed by atoms with Crippen molar-refractivity contribution in [3.63, 3.8) is 0 Å². The van der Waals surface area contributed by atoms with Gasteiger partial charge in [-0.1, -0.05) is 17.0 Å². The summed E-state index contributed by atoms with van der Waals surface area (Å²) in [6, 6.07) is 6.00. The van der Waals surface area contributed by atoms with Gasteiger partial charge in [0.1, 0.15) is 10.1 Å². The van der Waals surface area contributed by atoms with E-state index in [1.165, 1.54) is 18.2 Å². The van der Waals surface area contributed by atoms with E-state index < -0.39 is 21.2 Å². The molecular weight excluding hydrogens is 264 g/mol. The smallest absolute Gasteiger partial charge is 0.269 e. The van der Waals surface area contributed by atoms with Crippen LogP contribution in [0, 0.1) is 0 Å². The zero-order valence-electron chi connectivity index (χ0n) is 9.41. The second kappa shape index (κ2) is 5.80. The first-order chi connectivity index (χ1) is 7.90. The second-order valence-electron chi connectivity index (χ2n) is 3.50. The molecule has 6 nitrogen and oxygen atoms in total. The lowest BCUT2D eigenvalue weighted by molar-refractivity contribution is 0.0950. The second-order valence-corrected chi connectivity index (χ2v) is 7.09. The van der Waals surface area contributed by atoms with Crippen LogP contribution < -0.4 is 10.8 Å². The number of benzene rings is 1. The van der Waals surface area contributed by atoms with E-state index in [0.29, 0.717) is 0 Å². The molecular formula is C9H14N2O4S2. The molecule has 8 heteroatoms. The Labute approximate surface area is 103 Å². The highest BCUT2D eigenvalue weighted by Crippen LogP contribution is 2.23. The predicted molar refractivity (Wildman–Crippen MR) is 63.6 cm³/mol. The molecule has 0 saturated heterocycles. The van der Waals surface area contributed by atoms with Crippen molar-refractivity contribution in [2.45, 2.75) is 28.9 Å². The standard InChI is InChI=1S/C9H14N2O4S2/c1-7(2)16(12)8-5-3-4-6-9(8)17(13,14)11-15-10/h3-7,11H,10H2,1-2H3. The largest absolute Gasteiger partial charge is 0.611 e. The van der Waals surface area contributed by atoms with Gasteiger partial charge in [0.05, 0.1) is 0 Å². The van der Waals surface area contributed by atoms with Gasteiger partial charge in [-0.3, -0.25) is 0 Å². The van der Waals surface area contributed by atoms with Gasteiger partial charge in [-0.15, -0.1) is 0 Å². The SMILES string of the molecule is CC(C)[S+]([O-])c1ccccc1S(=O)(=O)NON. The molecule has 0 fully saturated rings. The molecule has 17 heavy (non-hydrogen) atoms. The number of nitrogens with two attached hydrogens (primary N) is 1. The Balaban J connectivity index is 3.26. The number of sulfonamides is 1. The van der Waals surface area contributed by atoms with Crippen LogP contribution in [0.3, 0.4) is 0 Å². The zero-order chi connectivity index (χ0) is 13.1. The van der Waals surface area contributed by atoms with Crippen molar-refractivity contribution in [1.82, 2.24) is 4.89 Å². The fraction of sp³-hybridized carbons (Fsp3) is 0.333.